The molecular weight excluding hydrogens is 228 g/mol. The summed E-state index contributed by atoms with van der Waals surface area (Å²) in [5, 5.41) is 11.9. The molecule has 0 amide bonds. The highest BCUT2D eigenvalue weighted by Gasteiger charge is 2.17. The molecule has 1 saturated heterocycles. The van der Waals surface area contributed by atoms with E-state index >= 15 is 0 Å². The van der Waals surface area contributed by atoms with Gasteiger partial charge in [-0.1, -0.05) is 12.1 Å². The maximum absolute atomic E-state index is 5.37. The van der Waals surface area contributed by atoms with Crippen molar-refractivity contribution in [3.05, 3.63) is 11.9 Å². The van der Waals surface area contributed by atoms with Gasteiger partial charge in [0.05, 0.1) is 12.3 Å². The van der Waals surface area contributed by atoms with Crippen molar-refractivity contribution in [2.45, 2.75) is 52.2 Å². The summed E-state index contributed by atoms with van der Waals surface area (Å²) in [4.78, 5) is 0. The Balaban J connectivity index is 1.82. The van der Waals surface area contributed by atoms with Crippen LogP contribution < -0.4 is 5.32 Å². The highest BCUT2D eigenvalue weighted by atomic mass is 16.5. The van der Waals surface area contributed by atoms with Crippen molar-refractivity contribution in [1.29, 1.82) is 0 Å². The van der Waals surface area contributed by atoms with Gasteiger partial charge in [-0.25, -0.2) is 0 Å². The average Bonchev–Trinajstić information content (AvgIpc) is 2.99. The molecule has 0 spiro atoms. The van der Waals surface area contributed by atoms with Gasteiger partial charge in [0.1, 0.15) is 0 Å². The first-order chi connectivity index (χ1) is 8.59. The Kier molecular flexibility index (Phi) is 4.35. The van der Waals surface area contributed by atoms with Crippen LogP contribution in [0.25, 0.3) is 0 Å². The van der Waals surface area contributed by atoms with E-state index in [4.69, 9.17) is 4.74 Å². The second-order valence-electron chi connectivity index (χ2n) is 5.75. The van der Waals surface area contributed by atoms with Crippen molar-refractivity contribution in [3.63, 3.8) is 0 Å². The predicted molar refractivity (Wildman–Crippen MR) is 70.2 cm³/mol. The molecule has 1 N–H and O–H groups in total. The molecule has 1 fully saturated rings. The van der Waals surface area contributed by atoms with Crippen molar-refractivity contribution in [3.8, 4) is 0 Å². The van der Waals surface area contributed by atoms with Crippen molar-refractivity contribution in [2.24, 2.45) is 5.92 Å². The second kappa shape index (κ2) is 5.80. The molecule has 1 aliphatic heterocycles. The third-order valence-corrected chi connectivity index (χ3v) is 3.69. The third-order valence-electron chi connectivity index (χ3n) is 3.69. The smallest absolute Gasteiger partial charge is 0.0965 e. The monoisotopic (exact) mass is 252 g/mol. The van der Waals surface area contributed by atoms with Crippen LogP contribution in [0.4, 0.5) is 0 Å². The van der Waals surface area contributed by atoms with Gasteiger partial charge in [0.25, 0.3) is 0 Å². The van der Waals surface area contributed by atoms with Crippen molar-refractivity contribution in [1.82, 2.24) is 20.3 Å². The fourth-order valence-electron chi connectivity index (χ4n) is 1.96. The van der Waals surface area contributed by atoms with Gasteiger partial charge in [0, 0.05) is 37.4 Å². The number of nitrogens with one attached hydrogen (secondary N) is 1. The van der Waals surface area contributed by atoms with Gasteiger partial charge in [0.15, 0.2) is 0 Å². The molecule has 1 atom stereocenters. The topological polar surface area (TPSA) is 52.0 Å². The van der Waals surface area contributed by atoms with Crippen LogP contribution in [0, 0.1) is 5.92 Å². The first kappa shape index (κ1) is 13.5. The summed E-state index contributed by atoms with van der Waals surface area (Å²) in [5.41, 5.74) is 1.17. The first-order valence-electron chi connectivity index (χ1n) is 6.81. The SMILES string of the molecule is CCC(C)(C)NCc1cn(C[C@H]2CCOC2)nn1. The van der Waals surface area contributed by atoms with E-state index in [1.807, 2.05) is 10.9 Å². The van der Waals surface area contributed by atoms with E-state index in [-0.39, 0.29) is 5.54 Å². The highest BCUT2D eigenvalue weighted by molar-refractivity contribution is 4.93. The molecule has 0 radical (unpaired) electrons. The largest absolute Gasteiger partial charge is 0.381 e. The molecule has 0 bridgehead atoms. The lowest BCUT2D eigenvalue weighted by atomic mass is 10.0. The van der Waals surface area contributed by atoms with Gasteiger partial charge in [-0.05, 0) is 26.7 Å². The molecule has 0 aromatic carbocycles. The van der Waals surface area contributed by atoms with Crippen LogP contribution in [0.5, 0.6) is 0 Å². The van der Waals surface area contributed by atoms with E-state index in [2.05, 4.69) is 36.4 Å². The summed E-state index contributed by atoms with van der Waals surface area (Å²) in [5.74, 6) is 0.597. The van der Waals surface area contributed by atoms with Crippen LogP contribution in [0.3, 0.4) is 0 Å². The second-order valence-corrected chi connectivity index (χ2v) is 5.75. The van der Waals surface area contributed by atoms with E-state index < -0.39 is 0 Å². The molecular formula is C13H24N4O. The summed E-state index contributed by atoms with van der Waals surface area (Å²) in [7, 11) is 0. The predicted octanol–water partition coefficient (Wildman–Crippen LogP) is 1.59. The Bertz CT molecular complexity index is 369. The first-order valence-corrected chi connectivity index (χ1v) is 6.81. The molecule has 18 heavy (non-hydrogen) atoms. The zero-order chi connectivity index (χ0) is 13.0. The summed E-state index contributed by atoms with van der Waals surface area (Å²) < 4.78 is 7.31. The van der Waals surface area contributed by atoms with Gasteiger partial charge in [-0.3, -0.25) is 4.68 Å². The van der Waals surface area contributed by atoms with Gasteiger partial charge in [-0.2, -0.15) is 0 Å². The lowest BCUT2D eigenvalue weighted by Crippen LogP contribution is -2.37. The number of nitrogens with zero attached hydrogens (tertiary/aromatic N) is 3. The van der Waals surface area contributed by atoms with Gasteiger partial charge in [0.2, 0.25) is 0 Å². The van der Waals surface area contributed by atoms with Crippen molar-refractivity contribution < 1.29 is 4.74 Å². The van der Waals surface area contributed by atoms with E-state index in [0.29, 0.717) is 5.92 Å². The fourth-order valence-corrected chi connectivity index (χ4v) is 1.96. The molecule has 5 nitrogen and oxygen atoms in total. The minimum absolute atomic E-state index is 0.156. The van der Waals surface area contributed by atoms with E-state index in [1.54, 1.807) is 0 Å². The molecule has 2 heterocycles. The Labute approximate surface area is 109 Å². The number of rotatable bonds is 6. The van der Waals surface area contributed by atoms with Gasteiger partial charge >= 0.3 is 0 Å². The summed E-state index contributed by atoms with van der Waals surface area (Å²) in [6.45, 7) is 10.0. The molecule has 0 aliphatic carbocycles. The van der Waals surface area contributed by atoms with Gasteiger partial charge < -0.3 is 10.1 Å². The Morgan fingerprint density at radius 2 is 2.39 bits per heavy atom. The Morgan fingerprint density at radius 3 is 3.06 bits per heavy atom. The quantitative estimate of drug-likeness (QED) is 0.835. The number of hydrogen-bond donors (Lipinski definition) is 1. The van der Waals surface area contributed by atoms with Crippen LogP contribution in [0.1, 0.15) is 39.3 Å². The molecule has 0 unspecified atom stereocenters. The third kappa shape index (κ3) is 3.78. The normalized spacial score (nSPS) is 20.5. The van der Waals surface area contributed by atoms with Crippen LogP contribution >= 0.6 is 0 Å². The van der Waals surface area contributed by atoms with E-state index in [1.165, 1.54) is 0 Å². The van der Waals surface area contributed by atoms with Crippen LogP contribution in [-0.4, -0.2) is 33.7 Å². The number of hydrogen-bond acceptors (Lipinski definition) is 4. The molecule has 0 saturated carbocycles. The molecule has 5 heteroatoms. The minimum atomic E-state index is 0.156. The lowest BCUT2D eigenvalue weighted by Gasteiger charge is -2.23. The zero-order valence-electron chi connectivity index (χ0n) is 11.6. The van der Waals surface area contributed by atoms with Crippen molar-refractivity contribution >= 4 is 0 Å². The summed E-state index contributed by atoms with van der Waals surface area (Å²) >= 11 is 0. The summed E-state index contributed by atoms with van der Waals surface area (Å²) in [6, 6.07) is 0. The Morgan fingerprint density at radius 1 is 1.56 bits per heavy atom. The molecule has 102 valence electrons. The number of ether oxygens (including phenoxy) is 1. The average molecular weight is 252 g/mol. The highest BCUT2D eigenvalue weighted by Crippen LogP contribution is 2.14. The molecule has 1 aromatic heterocycles. The summed E-state index contributed by atoms with van der Waals surface area (Å²) in [6.07, 6.45) is 4.27. The van der Waals surface area contributed by atoms with E-state index in [0.717, 1.165) is 44.8 Å². The number of aromatic nitrogens is 3. The molecule has 1 aromatic rings. The van der Waals surface area contributed by atoms with Gasteiger partial charge in [-0.15, -0.1) is 5.10 Å². The van der Waals surface area contributed by atoms with Crippen LogP contribution in [0.15, 0.2) is 6.20 Å². The van der Waals surface area contributed by atoms with Crippen LogP contribution in [-0.2, 0) is 17.8 Å². The minimum Gasteiger partial charge on any atom is -0.381 e. The molecule has 2 rings (SSSR count). The lowest BCUT2D eigenvalue weighted by molar-refractivity contribution is 0.181. The maximum Gasteiger partial charge on any atom is 0.0965 e. The fraction of sp³-hybridized carbons (Fsp3) is 0.846. The Hall–Kier alpha value is -0.940. The standard InChI is InChI=1S/C13H24N4O/c1-4-13(2,3)14-7-12-9-17(16-15-12)8-11-5-6-18-10-11/h9,11,14H,4-8,10H2,1-3H3/t11-/m1/s1. The van der Waals surface area contributed by atoms with Crippen molar-refractivity contribution in [2.75, 3.05) is 13.2 Å². The zero-order valence-corrected chi connectivity index (χ0v) is 11.6. The van der Waals surface area contributed by atoms with Crippen LogP contribution in [0.2, 0.25) is 0 Å². The van der Waals surface area contributed by atoms with E-state index in [9.17, 15) is 0 Å². The molecule has 1 aliphatic rings. The maximum atomic E-state index is 5.37.